The molecule has 118 valence electrons. The molecule has 2 rings (SSSR count). The average molecular weight is 295 g/mol. The maximum atomic E-state index is 10.1. The maximum absolute atomic E-state index is 10.1. The van der Waals surface area contributed by atoms with E-state index >= 15 is 0 Å². The minimum Gasteiger partial charge on any atom is -0.389 e. The van der Waals surface area contributed by atoms with Crippen LogP contribution < -0.4 is 5.32 Å². The number of aliphatic hydroxyl groups excluding tert-OH is 1. The molecule has 1 saturated heterocycles. The molecule has 0 amide bonds. The van der Waals surface area contributed by atoms with E-state index in [1.165, 1.54) is 0 Å². The number of hydrogen-bond donors (Lipinski definition) is 3. The SMILES string of the molecule is CC(OCC(O)CNCC1(O)CCOC1)c1ccccc1. The van der Waals surface area contributed by atoms with Gasteiger partial charge in [0.1, 0.15) is 5.60 Å². The lowest BCUT2D eigenvalue weighted by atomic mass is 10.0. The van der Waals surface area contributed by atoms with Crippen molar-refractivity contribution in [3.05, 3.63) is 35.9 Å². The van der Waals surface area contributed by atoms with E-state index in [4.69, 9.17) is 9.47 Å². The molecule has 3 N–H and O–H groups in total. The van der Waals surface area contributed by atoms with Crippen LogP contribution in [0, 0.1) is 0 Å². The van der Waals surface area contributed by atoms with E-state index < -0.39 is 11.7 Å². The van der Waals surface area contributed by atoms with E-state index in [-0.39, 0.29) is 12.7 Å². The third-order valence-corrected chi connectivity index (χ3v) is 3.72. The largest absolute Gasteiger partial charge is 0.389 e. The number of benzene rings is 1. The molecule has 0 bridgehead atoms. The van der Waals surface area contributed by atoms with Crippen molar-refractivity contribution in [3.63, 3.8) is 0 Å². The second kappa shape index (κ2) is 7.87. The van der Waals surface area contributed by atoms with Gasteiger partial charge in [-0.15, -0.1) is 0 Å². The molecular formula is C16H25NO4. The zero-order chi connectivity index (χ0) is 15.1. The van der Waals surface area contributed by atoms with Gasteiger partial charge in [-0.05, 0) is 12.5 Å². The molecule has 3 unspecified atom stereocenters. The smallest absolute Gasteiger partial charge is 0.102 e. The predicted molar refractivity (Wildman–Crippen MR) is 80.1 cm³/mol. The van der Waals surface area contributed by atoms with Crippen LogP contribution in [0.5, 0.6) is 0 Å². The van der Waals surface area contributed by atoms with E-state index in [0.717, 1.165) is 5.56 Å². The molecule has 5 heteroatoms. The third-order valence-electron chi connectivity index (χ3n) is 3.72. The van der Waals surface area contributed by atoms with Crippen molar-refractivity contribution in [3.8, 4) is 0 Å². The van der Waals surface area contributed by atoms with Crippen LogP contribution in [-0.4, -0.2) is 54.8 Å². The molecule has 0 radical (unpaired) electrons. The number of hydrogen-bond acceptors (Lipinski definition) is 5. The summed E-state index contributed by atoms with van der Waals surface area (Å²) in [6.07, 6.45) is -0.00665. The highest BCUT2D eigenvalue weighted by molar-refractivity contribution is 5.16. The van der Waals surface area contributed by atoms with Gasteiger partial charge in [-0.1, -0.05) is 30.3 Å². The van der Waals surface area contributed by atoms with E-state index in [2.05, 4.69) is 5.32 Å². The maximum Gasteiger partial charge on any atom is 0.102 e. The summed E-state index contributed by atoms with van der Waals surface area (Å²) in [7, 11) is 0. The number of aliphatic hydroxyl groups is 2. The van der Waals surface area contributed by atoms with Crippen molar-refractivity contribution in [1.29, 1.82) is 0 Å². The summed E-state index contributed by atoms with van der Waals surface area (Å²) < 4.78 is 10.8. The Balaban J connectivity index is 1.62. The first-order chi connectivity index (χ1) is 10.1. The number of ether oxygens (including phenoxy) is 2. The Bertz CT molecular complexity index is 406. The van der Waals surface area contributed by atoms with Crippen LogP contribution in [0.3, 0.4) is 0 Å². The third kappa shape index (κ3) is 5.37. The molecule has 0 spiro atoms. The molecule has 1 fully saturated rings. The molecule has 1 aliphatic rings. The van der Waals surface area contributed by atoms with Crippen molar-refractivity contribution in [2.75, 3.05) is 32.9 Å². The molecule has 1 aromatic carbocycles. The van der Waals surface area contributed by atoms with Gasteiger partial charge in [0.2, 0.25) is 0 Å². The first-order valence-electron chi connectivity index (χ1n) is 7.44. The summed E-state index contributed by atoms with van der Waals surface area (Å²) in [5.74, 6) is 0. The fourth-order valence-corrected chi connectivity index (χ4v) is 2.34. The Labute approximate surface area is 125 Å². The first kappa shape index (κ1) is 16.4. The summed E-state index contributed by atoms with van der Waals surface area (Å²) in [5, 5.41) is 23.0. The van der Waals surface area contributed by atoms with Gasteiger partial charge in [-0.3, -0.25) is 0 Å². The summed E-state index contributed by atoms with van der Waals surface area (Å²) in [4.78, 5) is 0. The van der Waals surface area contributed by atoms with Crippen LogP contribution in [0.25, 0.3) is 0 Å². The van der Waals surface area contributed by atoms with Crippen LogP contribution in [-0.2, 0) is 9.47 Å². The number of rotatable bonds is 8. The van der Waals surface area contributed by atoms with Crippen LogP contribution >= 0.6 is 0 Å². The molecule has 0 aliphatic carbocycles. The summed E-state index contributed by atoms with van der Waals surface area (Å²) >= 11 is 0. The van der Waals surface area contributed by atoms with Gasteiger partial charge >= 0.3 is 0 Å². The Morgan fingerprint density at radius 2 is 2.14 bits per heavy atom. The van der Waals surface area contributed by atoms with Crippen molar-refractivity contribution in [2.24, 2.45) is 0 Å². The Hall–Kier alpha value is -0.980. The van der Waals surface area contributed by atoms with Crippen molar-refractivity contribution in [2.45, 2.75) is 31.2 Å². The Morgan fingerprint density at radius 1 is 1.38 bits per heavy atom. The van der Waals surface area contributed by atoms with Crippen LogP contribution in [0.4, 0.5) is 0 Å². The van der Waals surface area contributed by atoms with Crippen LogP contribution in [0.1, 0.15) is 25.0 Å². The zero-order valence-corrected chi connectivity index (χ0v) is 12.5. The molecule has 5 nitrogen and oxygen atoms in total. The fraction of sp³-hybridized carbons (Fsp3) is 0.625. The molecule has 1 aromatic rings. The average Bonchev–Trinajstić information content (AvgIpc) is 2.92. The van der Waals surface area contributed by atoms with Crippen molar-refractivity contribution >= 4 is 0 Å². The topological polar surface area (TPSA) is 71.0 Å². The van der Waals surface area contributed by atoms with E-state index in [0.29, 0.717) is 32.7 Å². The standard InChI is InChI=1S/C16H25NO4/c1-13(14-5-3-2-4-6-14)21-10-15(18)9-17-11-16(19)7-8-20-12-16/h2-6,13,15,17-19H,7-12H2,1H3. The van der Waals surface area contributed by atoms with E-state index in [1.54, 1.807) is 0 Å². The highest BCUT2D eigenvalue weighted by Gasteiger charge is 2.31. The lowest BCUT2D eigenvalue weighted by Gasteiger charge is -2.22. The highest BCUT2D eigenvalue weighted by Crippen LogP contribution is 2.17. The zero-order valence-electron chi connectivity index (χ0n) is 12.5. The van der Waals surface area contributed by atoms with E-state index in [9.17, 15) is 10.2 Å². The molecule has 0 saturated carbocycles. The van der Waals surface area contributed by atoms with Gasteiger partial charge in [-0.25, -0.2) is 0 Å². The second-order valence-electron chi connectivity index (χ2n) is 5.70. The molecule has 1 heterocycles. The monoisotopic (exact) mass is 295 g/mol. The lowest BCUT2D eigenvalue weighted by molar-refractivity contribution is -0.00803. The minimum absolute atomic E-state index is 0.0479. The molecule has 3 atom stereocenters. The van der Waals surface area contributed by atoms with Crippen molar-refractivity contribution in [1.82, 2.24) is 5.32 Å². The normalized spacial score (nSPS) is 24.9. The van der Waals surface area contributed by atoms with Crippen LogP contribution in [0.2, 0.25) is 0 Å². The van der Waals surface area contributed by atoms with Gasteiger partial charge in [0.15, 0.2) is 0 Å². The van der Waals surface area contributed by atoms with Crippen LogP contribution in [0.15, 0.2) is 30.3 Å². The van der Waals surface area contributed by atoms with Gasteiger partial charge in [0.25, 0.3) is 0 Å². The lowest BCUT2D eigenvalue weighted by Crippen LogP contribution is -2.44. The predicted octanol–water partition coefficient (Wildman–Crippen LogP) is 0.866. The fourth-order valence-electron chi connectivity index (χ4n) is 2.34. The molecule has 21 heavy (non-hydrogen) atoms. The minimum atomic E-state index is -0.794. The van der Waals surface area contributed by atoms with Gasteiger partial charge in [0.05, 0.1) is 25.4 Å². The molecular weight excluding hydrogens is 270 g/mol. The second-order valence-corrected chi connectivity index (χ2v) is 5.70. The number of nitrogens with one attached hydrogen (secondary N) is 1. The van der Waals surface area contributed by atoms with Gasteiger partial charge < -0.3 is 25.0 Å². The summed E-state index contributed by atoms with van der Waals surface area (Å²) in [5.41, 5.74) is 0.299. The van der Waals surface area contributed by atoms with Gasteiger partial charge in [-0.2, -0.15) is 0 Å². The summed E-state index contributed by atoms with van der Waals surface area (Å²) in [6, 6.07) is 9.91. The summed E-state index contributed by atoms with van der Waals surface area (Å²) in [6.45, 7) is 4.00. The quantitative estimate of drug-likeness (QED) is 0.664. The van der Waals surface area contributed by atoms with Crippen molar-refractivity contribution < 1.29 is 19.7 Å². The highest BCUT2D eigenvalue weighted by atomic mass is 16.5. The van der Waals surface area contributed by atoms with Gasteiger partial charge in [0, 0.05) is 26.1 Å². The Morgan fingerprint density at radius 3 is 2.81 bits per heavy atom. The molecule has 0 aromatic heterocycles. The Kier molecular flexibility index (Phi) is 6.14. The molecule has 1 aliphatic heterocycles. The first-order valence-corrected chi connectivity index (χ1v) is 7.44. The van der Waals surface area contributed by atoms with E-state index in [1.807, 2.05) is 37.3 Å².